The van der Waals surface area contributed by atoms with Crippen LogP contribution < -0.4 is 5.73 Å². The molecule has 0 aliphatic carbocycles. The lowest BCUT2D eigenvalue weighted by Crippen LogP contribution is -2.51. The number of hydrogen-bond donors (Lipinski definition) is 1. The van der Waals surface area contributed by atoms with Crippen LogP contribution >= 0.6 is 0 Å². The maximum Gasteiger partial charge on any atom is 0.251 e. The Morgan fingerprint density at radius 3 is 2.73 bits per heavy atom. The topological polar surface area (TPSA) is 84.8 Å². The maximum atomic E-state index is 12.4. The zero-order valence-corrected chi connectivity index (χ0v) is 13.0. The van der Waals surface area contributed by atoms with Gasteiger partial charge in [-0.05, 0) is 19.8 Å². The summed E-state index contributed by atoms with van der Waals surface area (Å²) in [6, 6.07) is 1.96. The van der Waals surface area contributed by atoms with Gasteiger partial charge in [0.15, 0.2) is 0 Å². The third-order valence-corrected chi connectivity index (χ3v) is 4.39. The summed E-state index contributed by atoms with van der Waals surface area (Å²) in [5.41, 5.74) is 6.54. The summed E-state index contributed by atoms with van der Waals surface area (Å²) < 4.78 is 10.8. The van der Waals surface area contributed by atoms with Gasteiger partial charge >= 0.3 is 0 Å². The van der Waals surface area contributed by atoms with E-state index >= 15 is 0 Å². The number of hydrogen-bond acceptors (Lipinski definition) is 6. The first-order chi connectivity index (χ1) is 10.7. The van der Waals surface area contributed by atoms with Crippen LogP contribution in [0.1, 0.15) is 24.3 Å². The van der Waals surface area contributed by atoms with Gasteiger partial charge in [-0.3, -0.25) is 9.69 Å². The van der Waals surface area contributed by atoms with Gasteiger partial charge in [-0.15, -0.1) is 0 Å². The highest BCUT2D eigenvalue weighted by atomic mass is 16.5. The van der Waals surface area contributed by atoms with Crippen molar-refractivity contribution in [3.05, 3.63) is 17.5 Å². The van der Waals surface area contributed by atoms with Gasteiger partial charge in [0.25, 0.3) is 5.91 Å². The van der Waals surface area contributed by atoms with Crippen LogP contribution in [0.25, 0.3) is 0 Å². The van der Waals surface area contributed by atoms with Crippen LogP contribution in [-0.2, 0) is 16.1 Å². The second-order valence-corrected chi connectivity index (χ2v) is 6.09. The molecule has 1 amide bonds. The molecule has 2 aliphatic heterocycles. The van der Waals surface area contributed by atoms with E-state index in [0.29, 0.717) is 6.54 Å². The van der Waals surface area contributed by atoms with Crippen LogP contribution in [0, 0.1) is 6.92 Å². The number of ether oxygens (including phenoxy) is 1. The molecule has 7 heteroatoms. The SMILES string of the molecule is Cc1cc(CN2CCN(C(=O)[C@@H]3CC[C@H](CN)O3)CC2)no1. The van der Waals surface area contributed by atoms with Gasteiger partial charge in [-0.1, -0.05) is 5.16 Å². The smallest absolute Gasteiger partial charge is 0.251 e. The number of rotatable bonds is 4. The number of amides is 1. The molecular weight excluding hydrogens is 284 g/mol. The van der Waals surface area contributed by atoms with Crippen molar-refractivity contribution in [2.45, 2.75) is 38.5 Å². The lowest BCUT2D eigenvalue weighted by atomic mass is 10.1. The van der Waals surface area contributed by atoms with Gasteiger partial charge in [0.2, 0.25) is 0 Å². The van der Waals surface area contributed by atoms with E-state index in [4.69, 9.17) is 15.0 Å². The van der Waals surface area contributed by atoms with Crippen molar-refractivity contribution in [1.82, 2.24) is 15.0 Å². The molecule has 1 aromatic rings. The van der Waals surface area contributed by atoms with Crippen molar-refractivity contribution >= 4 is 5.91 Å². The number of carbonyl (C=O) groups is 1. The number of nitrogens with two attached hydrogens (primary N) is 1. The summed E-state index contributed by atoms with van der Waals surface area (Å²) in [4.78, 5) is 16.6. The standard InChI is InChI=1S/C15H24N4O3/c1-11-8-12(17-22-11)10-18-4-6-19(7-5-18)15(20)14-3-2-13(9-16)21-14/h8,13-14H,2-7,9-10,16H2,1H3/t13-,14+/m1/s1. The van der Waals surface area contributed by atoms with Crippen LogP contribution in [0.3, 0.4) is 0 Å². The van der Waals surface area contributed by atoms with Crippen molar-refractivity contribution in [2.24, 2.45) is 5.73 Å². The summed E-state index contributed by atoms with van der Waals surface area (Å²) >= 11 is 0. The van der Waals surface area contributed by atoms with Gasteiger partial charge < -0.3 is 19.9 Å². The molecule has 22 heavy (non-hydrogen) atoms. The lowest BCUT2D eigenvalue weighted by Gasteiger charge is -2.35. The third kappa shape index (κ3) is 3.48. The fraction of sp³-hybridized carbons (Fsp3) is 0.733. The molecule has 0 unspecified atom stereocenters. The van der Waals surface area contributed by atoms with Crippen molar-refractivity contribution in [2.75, 3.05) is 32.7 Å². The van der Waals surface area contributed by atoms with Crippen LogP contribution in [0.4, 0.5) is 0 Å². The van der Waals surface area contributed by atoms with E-state index in [2.05, 4.69) is 10.1 Å². The predicted octanol–water partition coefficient (Wildman–Crippen LogP) is 0.134. The molecule has 0 spiro atoms. The molecule has 3 heterocycles. The predicted molar refractivity (Wildman–Crippen MR) is 80.0 cm³/mol. The highest BCUT2D eigenvalue weighted by molar-refractivity contribution is 5.81. The Morgan fingerprint density at radius 1 is 1.36 bits per heavy atom. The Hall–Kier alpha value is -1.44. The Kier molecular flexibility index (Phi) is 4.75. The molecule has 0 saturated carbocycles. The van der Waals surface area contributed by atoms with E-state index in [1.165, 1.54) is 0 Å². The van der Waals surface area contributed by atoms with E-state index in [9.17, 15) is 4.79 Å². The molecule has 0 radical (unpaired) electrons. The lowest BCUT2D eigenvalue weighted by molar-refractivity contribution is -0.144. The molecule has 2 fully saturated rings. The van der Waals surface area contributed by atoms with Crippen LogP contribution in [0.5, 0.6) is 0 Å². The largest absolute Gasteiger partial charge is 0.364 e. The maximum absolute atomic E-state index is 12.4. The van der Waals surface area contributed by atoms with E-state index in [1.807, 2.05) is 17.9 Å². The van der Waals surface area contributed by atoms with Crippen molar-refractivity contribution in [1.29, 1.82) is 0 Å². The second-order valence-electron chi connectivity index (χ2n) is 6.09. The summed E-state index contributed by atoms with van der Waals surface area (Å²) in [7, 11) is 0. The molecule has 2 N–H and O–H groups in total. The summed E-state index contributed by atoms with van der Waals surface area (Å²) in [5.74, 6) is 0.949. The monoisotopic (exact) mass is 308 g/mol. The number of aryl methyl sites for hydroxylation is 1. The summed E-state index contributed by atoms with van der Waals surface area (Å²) in [6.07, 6.45) is 1.43. The molecular formula is C15H24N4O3. The fourth-order valence-corrected chi connectivity index (χ4v) is 3.11. The molecule has 2 saturated heterocycles. The highest BCUT2D eigenvalue weighted by Gasteiger charge is 2.34. The van der Waals surface area contributed by atoms with E-state index in [0.717, 1.165) is 57.0 Å². The first-order valence-corrected chi connectivity index (χ1v) is 7.94. The average Bonchev–Trinajstić information content (AvgIpc) is 3.16. The van der Waals surface area contributed by atoms with Gasteiger partial charge in [-0.2, -0.15) is 0 Å². The molecule has 1 aromatic heterocycles. The van der Waals surface area contributed by atoms with Gasteiger partial charge in [0.05, 0.1) is 11.8 Å². The minimum atomic E-state index is -0.293. The molecule has 7 nitrogen and oxygen atoms in total. The molecule has 0 bridgehead atoms. The number of aromatic nitrogens is 1. The minimum absolute atomic E-state index is 0.0469. The Morgan fingerprint density at radius 2 is 2.14 bits per heavy atom. The Bertz CT molecular complexity index is 511. The first kappa shape index (κ1) is 15.5. The van der Waals surface area contributed by atoms with Gasteiger partial charge in [-0.25, -0.2) is 0 Å². The van der Waals surface area contributed by atoms with Crippen LogP contribution in [0.2, 0.25) is 0 Å². The Labute approximate surface area is 130 Å². The second kappa shape index (κ2) is 6.76. The summed E-state index contributed by atoms with van der Waals surface area (Å²) in [5, 5.41) is 4.02. The van der Waals surface area contributed by atoms with Crippen LogP contribution in [0.15, 0.2) is 10.6 Å². The van der Waals surface area contributed by atoms with E-state index in [1.54, 1.807) is 0 Å². The number of piperazine rings is 1. The fourth-order valence-electron chi connectivity index (χ4n) is 3.11. The van der Waals surface area contributed by atoms with Gasteiger partial charge in [0, 0.05) is 45.3 Å². The molecule has 3 rings (SSSR count). The molecule has 2 atom stereocenters. The highest BCUT2D eigenvalue weighted by Crippen LogP contribution is 2.21. The normalized spacial score (nSPS) is 26.5. The Balaban J connectivity index is 1.46. The zero-order valence-electron chi connectivity index (χ0n) is 13.0. The summed E-state index contributed by atoms with van der Waals surface area (Å²) in [6.45, 7) is 6.34. The minimum Gasteiger partial charge on any atom is -0.364 e. The molecule has 122 valence electrons. The van der Waals surface area contributed by atoms with Crippen LogP contribution in [-0.4, -0.2) is 65.8 Å². The first-order valence-electron chi connectivity index (χ1n) is 7.94. The number of carbonyl (C=O) groups excluding carboxylic acids is 1. The van der Waals surface area contributed by atoms with Crippen molar-refractivity contribution < 1.29 is 14.1 Å². The molecule has 0 aromatic carbocycles. The van der Waals surface area contributed by atoms with Crippen molar-refractivity contribution in [3.63, 3.8) is 0 Å². The van der Waals surface area contributed by atoms with Crippen molar-refractivity contribution in [3.8, 4) is 0 Å². The molecule has 2 aliphatic rings. The van der Waals surface area contributed by atoms with E-state index in [-0.39, 0.29) is 18.1 Å². The zero-order chi connectivity index (χ0) is 15.5. The van der Waals surface area contributed by atoms with Gasteiger partial charge in [0.1, 0.15) is 11.9 Å². The van der Waals surface area contributed by atoms with E-state index < -0.39 is 0 Å². The quantitative estimate of drug-likeness (QED) is 0.851. The average molecular weight is 308 g/mol. The number of nitrogens with zero attached hydrogens (tertiary/aromatic N) is 3. The third-order valence-electron chi connectivity index (χ3n) is 4.39.